The van der Waals surface area contributed by atoms with Crippen molar-refractivity contribution in [1.29, 1.82) is 0 Å². The van der Waals surface area contributed by atoms with Crippen molar-refractivity contribution >= 4 is 34.0 Å². The lowest BCUT2D eigenvalue weighted by Crippen LogP contribution is -2.12. The van der Waals surface area contributed by atoms with Gasteiger partial charge in [-0.05, 0) is 54.6 Å². The average molecular weight is 345 g/mol. The fourth-order valence-electron chi connectivity index (χ4n) is 3.30. The van der Waals surface area contributed by atoms with Crippen molar-refractivity contribution in [2.24, 2.45) is 0 Å². The third-order valence-electron chi connectivity index (χ3n) is 4.51. The molecule has 2 aliphatic rings. The van der Waals surface area contributed by atoms with E-state index in [9.17, 15) is 14.4 Å². The van der Waals surface area contributed by atoms with Gasteiger partial charge in [-0.3, -0.25) is 14.4 Å². The molecule has 4 nitrogen and oxygen atoms in total. The van der Waals surface area contributed by atoms with Crippen molar-refractivity contribution in [3.8, 4) is 0 Å². The van der Waals surface area contributed by atoms with Gasteiger partial charge in [0.15, 0.2) is 5.78 Å². The van der Waals surface area contributed by atoms with Gasteiger partial charge in [0.05, 0.1) is 15.8 Å². The summed E-state index contributed by atoms with van der Waals surface area (Å²) < 4.78 is 0. The molecule has 1 aliphatic carbocycles. The molecule has 23 heavy (non-hydrogen) atoms. The molecule has 1 atom stereocenters. The molecule has 0 saturated heterocycles. The van der Waals surface area contributed by atoms with Gasteiger partial charge in [0.2, 0.25) is 5.12 Å². The summed E-state index contributed by atoms with van der Waals surface area (Å²) in [6.45, 7) is 0. The van der Waals surface area contributed by atoms with Crippen LogP contribution in [0.5, 0.6) is 0 Å². The number of benzene rings is 1. The molecule has 0 fully saturated rings. The maximum atomic E-state index is 12.6. The summed E-state index contributed by atoms with van der Waals surface area (Å²) in [5.74, 6) is -0.506. The van der Waals surface area contributed by atoms with Crippen molar-refractivity contribution in [3.05, 3.63) is 49.4 Å². The summed E-state index contributed by atoms with van der Waals surface area (Å²) in [5, 5.41) is 0.571. The highest BCUT2D eigenvalue weighted by Gasteiger charge is 2.36. The van der Waals surface area contributed by atoms with Gasteiger partial charge < -0.3 is 4.98 Å². The summed E-state index contributed by atoms with van der Waals surface area (Å²) in [6.07, 6.45) is 4.64. The Balaban J connectivity index is 1.58. The number of thioether (sulfide) groups is 1. The minimum absolute atomic E-state index is 0.0222. The molecule has 0 bridgehead atoms. The topological polar surface area (TPSA) is 67.0 Å². The van der Waals surface area contributed by atoms with Crippen molar-refractivity contribution in [1.82, 2.24) is 4.98 Å². The molecule has 2 aromatic rings. The number of thiazole rings is 1. The first-order valence-electron chi connectivity index (χ1n) is 7.71. The van der Waals surface area contributed by atoms with Crippen LogP contribution in [0.3, 0.4) is 0 Å². The highest BCUT2D eigenvalue weighted by Crippen LogP contribution is 2.43. The molecular weight excluding hydrogens is 330 g/mol. The lowest BCUT2D eigenvalue weighted by Gasteiger charge is -2.16. The van der Waals surface area contributed by atoms with E-state index in [1.165, 1.54) is 24.0 Å². The van der Waals surface area contributed by atoms with E-state index >= 15 is 0 Å². The number of carbonyl (C=O) groups excluding carboxylic acids is 2. The third kappa shape index (κ3) is 2.70. The minimum atomic E-state index is -0.484. The van der Waals surface area contributed by atoms with E-state index < -0.39 is 5.92 Å². The second kappa shape index (κ2) is 5.76. The molecule has 1 aliphatic heterocycles. The quantitative estimate of drug-likeness (QED) is 0.867. The van der Waals surface area contributed by atoms with Crippen LogP contribution in [0, 0.1) is 0 Å². The zero-order valence-electron chi connectivity index (χ0n) is 12.4. The van der Waals surface area contributed by atoms with Crippen molar-refractivity contribution in [3.63, 3.8) is 0 Å². The smallest absolute Gasteiger partial charge is 0.305 e. The summed E-state index contributed by atoms with van der Waals surface area (Å²) in [4.78, 5) is 39.3. The highest BCUT2D eigenvalue weighted by atomic mass is 32.2. The van der Waals surface area contributed by atoms with Gasteiger partial charge in [0, 0.05) is 12.0 Å². The summed E-state index contributed by atoms with van der Waals surface area (Å²) >= 11 is 2.09. The number of aromatic amines is 1. The maximum Gasteiger partial charge on any atom is 0.305 e. The van der Waals surface area contributed by atoms with Crippen LogP contribution in [0.15, 0.2) is 28.0 Å². The van der Waals surface area contributed by atoms with Crippen molar-refractivity contribution in [2.75, 3.05) is 0 Å². The van der Waals surface area contributed by atoms with Crippen molar-refractivity contribution < 1.29 is 9.59 Å². The molecule has 4 rings (SSSR count). The predicted octanol–water partition coefficient (Wildman–Crippen LogP) is 3.30. The van der Waals surface area contributed by atoms with E-state index in [0.717, 1.165) is 40.8 Å². The number of nitrogens with one attached hydrogen (secondary N) is 1. The van der Waals surface area contributed by atoms with Gasteiger partial charge in [0.1, 0.15) is 0 Å². The molecule has 1 aromatic carbocycles. The number of Topliss-reactive ketones (excluding diaryl/α,β-unsaturated/α-hetero) is 1. The monoisotopic (exact) mass is 345 g/mol. The minimum Gasteiger partial charge on any atom is -0.307 e. The molecule has 2 heterocycles. The van der Waals surface area contributed by atoms with E-state index in [1.807, 2.05) is 18.2 Å². The van der Waals surface area contributed by atoms with Crippen LogP contribution in [-0.4, -0.2) is 15.9 Å². The SMILES string of the molecule is O=C(CC1C(=O)Sc2[nH]c(=O)sc21)c1ccc2c(c1)CCCC2. The first kappa shape index (κ1) is 14.9. The zero-order valence-corrected chi connectivity index (χ0v) is 14.0. The Morgan fingerprint density at radius 2 is 1.96 bits per heavy atom. The van der Waals surface area contributed by atoms with Crippen molar-refractivity contribution in [2.45, 2.75) is 43.0 Å². The average Bonchev–Trinajstić information content (AvgIpc) is 3.03. The van der Waals surface area contributed by atoms with E-state index in [1.54, 1.807) is 0 Å². The lowest BCUT2D eigenvalue weighted by atomic mass is 9.88. The van der Waals surface area contributed by atoms with E-state index in [0.29, 0.717) is 10.6 Å². The number of hydrogen-bond donors (Lipinski definition) is 1. The lowest BCUT2D eigenvalue weighted by molar-refractivity contribution is -0.111. The number of rotatable bonds is 3. The van der Waals surface area contributed by atoms with Gasteiger partial charge in [-0.1, -0.05) is 23.5 Å². The van der Waals surface area contributed by atoms with Crippen LogP contribution in [0.4, 0.5) is 0 Å². The van der Waals surface area contributed by atoms with Crippen LogP contribution >= 0.6 is 23.1 Å². The number of H-pyrrole nitrogens is 1. The fourth-order valence-corrected chi connectivity index (χ4v) is 5.45. The molecule has 0 saturated carbocycles. The van der Waals surface area contributed by atoms with Gasteiger partial charge in [0.25, 0.3) is 0 Å². The Hall–Kier alpha value is -1.66. The Morgan fingerprint density at radius 3 is 2.78 bits per heavy atom. The maximum absolute atomic E-state index is 12.6. The van der Waals surface area contributed by atoms with Gasteiger partial charge in [-0.15, -0.1) is 0 Å². The number of hydrogen-bond acceptors (Lipinski definition) is 5. The van der Waals surface area contributed by atoms with Crippen LogP contribution in [0.25, 0.3) is 0 Å². The van der Waals surface area contributed by atoms with Gasteiger partial charge >= 0.3 is 4.87 Å². The number of fused-ring (bicyclic) bond motifs is 2. The predicted molar refractivity (Wildman–Crippen MR) is 90.6 cm³/mol. The molecule has 6 heteroatoms. The second-order valence-electron chi connectivity index (χ2n) is 6.00. The molecule has 1 N–H and O–H groups in total. The fraction of sp³-hybridized carbons (Fsp3) is 0.353. The molecule has 0 radical (unpaired) electrons. The summed E-state index contributed by atoms with van der Waals surface area (Å²) in [7, 11) is 0. The van der Waals surface area contributed by atoms with Crippen LogP contribution in [0.2, 0.25) is 0 Å². The Morgan fingerprint density at radius 1 is 1.17 bits per heavy atom. The standard InChI is InChI=1S/C17H15NO3S2/c19-13(11-6-5-9-3-1-2-4-10(9)7-11)8-12-14-15(23-16(12)20)18-17(21)22-14/h5-7,12H,1-4,8H2,(H,18,21). The molecule has 0 spiro atoms. The van der Waals surface area contributed by atoms with Crippen LogP contribution in [0.1, 0.15) is 51.5 Å². The Kier molecular flexibility index (Phi) is 3.73. The summed E-state index contributed by atoms with van der Waals surface area (Å²) in [6, 6.07) is 5.91. The molecular formula is C17H15NO3S2. The first-order valence-corrected chi connectivity index (χ1v) is 9.35. The normalized spacial score (nSPS) is 19.5. The molecule has 1 unspecified atom stereocenters. The Bertz CT molecular complexity index is 865. The molecule has 0 amide bonds. The van der Waals surface area contributed by atoms with Gasteiger partial charge in [-0.25, -0.2) is 0 Å². The van der Waals surface area contributed by atoms with Gasteiger partial charge in [-0.2, -0.15) is 0 Å². The van der Waals surface area contributed by atoms with E-state index in [2.05, 4.69) is 4.98 Å². The first-order chi connectivity index (χ1) is 11.1. The number of carbonyl (C=O) groups is 2. The van der Waals surface area contributed by atoms with Crippen LogP contribution in [-0.2, 0) is 17.6 Å². The summed E-state index contributed by atoms with van der Waals surface area (Å²) in [5.41, 5.74) is 3.28. The zero-order chi connectivity index (χ0) is 16.0. The van der Waals surface area contributed by atoms with E-state index in [-0.39, 0.29) is 22.2 Å². The van der Waals surface area contributed by atoms with Crippen LogP contribution < -0.4 is 4.87 Å². The third-order valence-corrected chi connectivity index (χ3v) is 6.64. The highest BCUT2D eigenvalue weighted by molar-refractivity contribution is 8.14. The number of ketones is 1. The van der Waals surface area contributed by atoms with E-state index in [4.69, 9.17) is 0 Å². The molecule has 118 valence electrons. The largest absolute Gasteiger partial charge is 0.307 e. The number of aromatic nitrogens is 1. The second-order valence-corrected chi connectivity index (χ2v) is 8.03. The number of aryl methyl sites for hydroxylation is 2. The Labute approximate surface area is 141 Å². The molecule has 1 aromatic heterocycles.